The molecule has 0 fully saturated rings. The molecule has 2 N–H and O–H groups in total. The van der Waals surface area contributed by atoms with Gasteiger partial charge in [0.25, 0.3) is 5.91 Å². The molecule has 0 aromatic heterocycles. The molecule has 0 aliphatic heterocycles. The first-order chi connectivity index (χ1) is 9.69. The second-order valence-electron chi connectivity index (χ2n) is 4.47. The van der Waals surface area contributed by atoms with E-state index in [0.29, 0.717) is 11.3 Å². The molecular weight excluding hydrogens is 255 g/mol. The first-order valence-electron chi connectivity index (χ1n) is 6.60. The third kappa shape index (κ3) is 3.82. The molecule has 3 nitrogen and oxygen atoms in total. The smallest absolute Gasteiger partial charge is 0.255 e. The standard InChI is InChI=1S/C16H17FN2O/c1-2-10-18-14-8-6-12(7-9-14)16(20)19-15-5-3-4-13(17)11-15/h3-9,11,18H,2,10H2,1H3,(H,19,20). The number of hydrogen-bond donors (Lipinski definition) is 2. The van der Waals surface area contributed by atoms with E-state index >= 15 is 0 Å². The zero-order valence-electron chi connectivity index (χ0n) is 11.3. The molecule has 0 saturated carbocycles. The van der Waals surface area contributed by atoms with Crippen molar-refractivity contribution in [3.05, 3.63) is 59.9 Å². The summed E-state index contributed by atoms with van der Waals surface area (Å²) in [6.45, 7) is 2.99. The largest absolute Gasteiger partial charge is 0.385 e. The molecule has 0 aliphatic carbocycles. The van der Waals surface area contributed by atoms with Crippen LogP contribution in [0.15, 0.2) is 48.5 Å². The SMILES string of the molecule is CCCNc1ccc(C(=O)Nc2cccc(F)c2)cc1. The van der Waals surface area contributed by atoms with Gasteiger partial charge in [-0.15, -0.1) is 0 Å². The van der Waals surface area contributed by atoms with Crippen molar-refractivity contribution in [2.45, 2.75) is 13.3 Å². The molecule has 0 aliphatic rings. The van der Waals surface area contributed by atoms with E-state index < -0.39 is 0 Å². The minimum atomic E-state index is -0.373. The molecule has 4 heteroatoms. The summed E-state index contributed by atoms with van der Waals surface area (Å²) in [5.74, 6) is -0.625. The summed E-state index contributed by atoms with van der Waals surface area (Å²) in [4.78, 5) is 12.0. The first-order valence-corrected chi connectivity index (χ1v) is 6.60. The van der Waals surface area contributed by atoms with Crippen LogP contribution in [0, 0.1) is 5.82 Å². The number of carbonyl (C=O) groups excluding carboxylic acids is 1. The highest BCUT2D eigenvalue weighted by Crippen LogP contribution is 2.13. The molecule has 2 aromatic rings. The van der Waals surface area contributed by atoms with Crippen LogP contribution in [0.25, 0.3) is 0 Å². The molecule has 0 bridgehead atoms. The molecule has 0 spiro atoms. The van der Waals surface area contributed by atoms with Gasteiger partial charge in [0, 0.05) is 23.5 Å². The minimum Gasteiger partial charge on any atom is -0.385 e. The zero-order valence-corrected chi connectivity index (χ0v) is 11.3. The maximum Gasteiger partial charge on any atom is 0.255 e. The molecule has 1 amide bonds. The number of benzene rings is 2. The number of amides is 1. The Labute approximate surface area is 117 Å². The van der Waals surface area contributed by atoms with E-state index in [9.17, 15) is 9.18 Å². The van der Waals surface area contributed by atoms with E-state index in [-0.39, 0.29) is 11.7 Å². The Balaban J connectivity index is 2.02. The molecule has 2 rings (SSSR count). The van der Waals surface area contributed by atoms with Crippen molar-refractivity contribution in [2.75, 3.05) is 17.2 Å². The zero-order chi connectivity index (χ0) is 14.4. The summed E-state index contributed by atoms with van der Waals surface area (Å²) in [6.07, 6.45) is 1.04. The quantitative estimate of drug-likeness (QED) is 0.866. The van der Waals surface area contributed by atoms with E-state index in [0.717, 1.165) is 18.7 Å². The summed E-state index contributed by atoms with van der Waals surface area (Å²) in [6, 6.07) is 13.0. The Kier molecular flexibility index (Phi) is 4.71. The van der Waals surface area contributed by atoms with Crippen LogP contribution in [0.5, 0.6) is 0 Å². The van der Waals surface area contributed by atoms with Crippen LogP contribution >= 0.6 is 0 Å². The molecular formula is C16H17FN2O. The Bertz CT molecular complexity index is 581. The fourth-order valence-corrected chi connectivity index (χ4v) is 1.78. The molecule has 0 radical (unpaired) electrons. The third-order valence-corrected chi connectivity index (χ3v) is 2.81. The normalized spacial score (nSPS) is 10.1. The Morgan fingerprint density at radius 1 is 1.10 bits per heavy atom. The number of rotatable bonds is 5. The molecule has 0 unspecified atom stereocenters. The molecule has 2 aromatic carbocycles. The predicted octanol–water partition coefficient (Wildman–Crippen LogP) is 3.90. The van der Waals surface area contributed by atoms with Gasteiger partial charge >= 0.3 is 0 Å². The van der Waals surface area contributed by atoms with Crippen LogP contribution in [0.1, 0.15) is 23.7 Å². The van der Waals surface area contributed by atoms with Gasteiger partial charge in [0.2, 0.25) is 0 Å². The molecule has 0 saturated heterocycles. The number of hydrogen-bond acceptors (Lipinski definition) is 2. The number of carbonyl (C=O) groups is 1. The number of halogens is 1. The lowest BCUT2D eigenvalue weighted by molar-refractivity contribution is 0.102. The second-order valence-corrected chi connectivity index (χ2v) is 4.47. The van der Waals surface area contributed by atoms with Crippen molar-refractivity contribution in [1.82, 2.24) is 0 Å². The Hall–Kier alpha value is -2.36. The van der Waals surface area contributed by atoms with Crippen molar-refractivity contribution in [3.63, 3.8) is 0 Å². The first kappa shape index (κ1) is 14.1. The minimum absolute atomic E-state index is 0.252. The van der Waals surface area contributed by atoms with Crippen molar-refractivity contribution in [2.24, 2.45) is 0 Å². The van der Waals surface area contributed by atoms with Gasteiger partial charge < -0.3 is 10.6 Å². The van der Waals surface area contributed by atoms with E-state index in [1.165, 1.54) is 12.1 Å². The fourth-order valence-electron chi connectivity index (χ4n) is 1.78. The summed E-state index contributed by atoms with van der Waals surface area (Å²) in [5, 5.41) is 5.90. The molecule has 0 atom stereocenters. The van der Waals surface area contributed by atoms with Gasteiger partial charge in [-0.2, -0.15) is 0 Å². The van der Waals surface area contributed by atoms with Crippen molar-refractivity contribution >= 4 is 17.3 Å². The molecule has 0 heterocycles. The highest BCUT2D eigenvalue weighted by Gasteiger charge is 2.06. The summed E-state index contributed by atoms with van der Waals surface area (Å²) >= 11 is 0. The highest BCUT2D eigenvalue weighted by atomic mass is 19.1. The van der Waals surface area contributed by atoms with Gasteiger partial charge in [0.1, 0.15) is 5.82 Å². The lowest BCUT2D eigenvalue weighted by Gasteiger charge is -2.07. The third-order valence-electron chi connectivity index (χ3n) is 2.81. The monoisotopic (exact) mass is 272 g/mol. The van der Waals surface area contributed by atoms with Crippen molar-refractivity contribution in [1.29, 1.82) is 0 Å². The molecule has 20 heavy (non-hydrogen) atoms. The molecule has 104 valence electrons. The number of anilines is 2. The Morgan fingerprint density at radius 2 is 1.85 bits per heavy atom. The van der Waals surface area contributed by atoms with Crippen molar-refractivity contribution in [3.8, 4) is 0 Å². The van der Waals surface area contributed by atoms with Crippen molar-refractivity contribution < 1.29 is 9.18 Å². The van der Waals surface area contributed by atoms with Gasteiger partial charge in [0.05, 0.1) is 0 Å². The average molecular weight is 272 g/mol. The average Bonchev–Trinajstić information content (AvgIpc) is 2.45. The maximum atomic E-state index is 13.0. The van der Waals surface area contributed by atoms with E-state index in [2.05, 4.69) is 17.6 Å². The lowest BCUT2D eigenvalue weighted by Crippen LogP contribution is -2.12. The van der Waals surface area contributed by atoms with Crippen LogP contribution < -0.4 is 10.6 Å². The van der Waals surface area contributed by atoms with Gasteiger partial charge in [-0.1, -0.05) is 13.0 Å². The van der Waals surface area contributed by atoms with Crippen LogP contribution in [0.3, 0.4) is 0 Å². The summed E-state index contributed by atoms with van der Waals surface area (Å²) in [7, 11) is 0. The van der Waals surface area contributed by atoms with E-state index in [4.69, 9.17) is 0 Å². The predicted molar refractivity (Wildman–Crippen MR) is 79.6 cm³/mol. The van der Waals surface area contributed by atoms with Crippen LogP contribution in [-0.4, -0.2) is 12.5 Å². The van der Waals surface area contributed by atoms with Crippen LogP contribution in [0.2, 0.25) is 0 Å². The van der Waals surface area contributed by atoms with Gasteiger partial charge in [-0.3, -0.25) is 4.79 Å². The van der Waals surface area contributed by atoms with Gasteiger partial charge in [-0.05, 0) is 48.9 Å². The van der Waals surface area contributed by atoms with Crippen LogP contribution in [0.4, 0.5) is 15.8 Å². The van der Waals surface area contributed by atoms with Crippen LogP contribution in [-0.2, 0) is 0 Å². The maximum absolute atomic E-state index is 13.0. The Morgan fingerprint density at radius 3 is 2.50 bits per heavy atom. The summed E-state index contributed by atoms with van der Waals surface area (Å²) in [5.41, 5.74) is 1.97. The summed E-state index contributed by atoms with van der Waals surface area (Å²) < 4.78 is 13.0. The lowest BCUT2D eigenvalue weighted by atomic mass is 10.2. The topological polar surface area (TPSA) is 41.1 Å². The van der Waals surface area contributed by atoms with Gasteiger partial charge in [-0.25, -0.2) is 4.39 Å². The highest BCUT2D eigenvalue weighted by molar-refractivity contribution is 6.04. The van der Waals surface area contributed by atoms with Gasteiger partial charge in [0.15, 0.2) is 0 Å². The second kappa shape index (κ2) is 6.70. The van der Waals surface area contributed by atoms with E-state index in [1.807, 2.05) is 12.1 Å². The number of nitrogens with one attached hydrogen (secondary N) is 2. The van der Waals surface area contributed by atoms with E-state index in [1.54, 1.807) is 24.3 Å². The fraction of sp³-hybridized carbons (Fsp3) is 0.188.